The lowest BCUT2D eigenvalue weighted by Gasteiger charge is -2.20. The summed E-state index contributed by atoms with van der Waals surface area (Å²) in [4.78, 5) is 0. The van der Waals surface area contributed by atoms with Crippen molar-refractivity contribution in [3.63, 3.8) is 0 Å². The molecule has 0 saturated carbocycles. The molecule has 15 heavy (non-hydrogen) atoms. The maximum Gasteiger partial charge on any atom is 0.270 e. The first-order chi connectivity index (χ1) is 6.88. The minimum Gasteiger partial charge on any atom is -0.313 e. The summed E-state index contributed by atoms with van der Waals surface area (Å²) >= 11 is 0. The third-order valence-electron chi connectivity index (χ3n) is 2.23. The highest BCUT2D eigenvalue weighted by Crippen LogP contribution is 2.28. The average molecular weight is 215 g/mol. The van der Waals surface area contributed by atoms with E-state index in [0.29, 0.717) is 5.57 Å². The zero-order valence-corrected chi connectivity index (χ0v) is 9.77. The minimum atomic E-state index is -2.86. The highest BCUT2D eigenvalue weighted by atomic mass is 19.3. The van der Waals surface area contributed by atoms with Crippen molar-refractivity contribution in [3.8, 4) is 0 Å². The van der Waals surface area contributed by atoms with Gasteiger partial charge in [-0.25, -0.2) is 8.78 Å². The predicted molar refractivity (Wildman–Crippen MR) is 61.2 cm³/mol. The van der Waals surface area contributed by atoms with Crippen LogP contribution in [-0.2, 0) is 0 Å². The summed E-state index contributed by atoms with van der Waals surface area (Å²) in [7, 11) is 1.74. The summed E-state index contributed by atoms with van der Waals surface area (Å²) in [5, 5.41) is 2.95. The summed E-state index contributed by atoms with van der Waals surface area (Å²) in [6.07, 6.45) is 4.66. The van der Waals surface area contributed by atoms with E-state index in [2.05, 4.69) is 11.9 Å². The van der Waals surface area contributed by atoms with Gasteiger partial charge >= 0.3 is 0 Å². The average Bonchev–Trinajstić information content (AvgIpc) is 2.14. The van der Waals surface area contributed by atoms with Gasteiger partial charge in [0, 0.05) is 18.5 Å². The molecule has 1 N–H and O–H groups in total. The van der Waals surface area contributed by atoms with Crippen LogP contribution in [-0.4, -0.2) is 19.0 Å². The Bertz CT molecular complexity index is 272. The van der Waals surface area contributed by atoms with Gasteiger partial charge in [0.15, 0.2) is 0 Å². The van der Waals surface area contributed by atoms with Gasteiger partial charge in [0.05, 0.1) is 0 Å². The summed E-state index contributed by atoms with van der Waals surface area (Å²) < 4.78 is 26.5. The molecule has 0 heterocycles. The number of halogens is 2. The number of allylic oxidation sites excluding steroid dienone is 3. The van der Waals surface area contributed by atoms with Crippen molar-refractivity contribution in [1.29, 1.82) is 0 Å². The summed E-state index contributed by atoms with van der Waals surface area (Å²) in [5.41, 5.74) is 0.546. The van der Waals surface area contributed by atoms with E-state index in [1.807, 2.05) is 6.92 Å². The quantitative estimate of drug-likeness (QED) is 0.694. The van der Waals surface area contributed by atoms with Gasteiger partial charge in [-0.2, -0.15) is 0 Å². The van der Waals surface area contributed by atoms with Crippen LogP contribution in [0.15, 0.2) is 36.0 Å². The lowest BCUT2D eigenvalue weighted by Crippen LogP contribution is -2.27. The number of hydrogen-bond donors (Lipinski definition) is 1. The molecule has 0 saturated heterocycles. The van der Waals surface area contributed by atoms with Crippen LogP contribution < -0.4 is 5.32 Å². The molecule has 0 fully saturated rings. The highest BCUT2D eigenvalue weighted by molar-refractivity contribution is 5.39. The maximum atomic E-state index is 13.3. The second-order valence-corrected chi connectivity index (χ2v) is 3.47. The minimum absolute atomic E-state index is 0.0255. The second kappa shape index (κ2) is 5.81. The van der Waals surface area contributed by atoms with E-state index < -0.39 is 5.92 Å². The molecule has 1 unspecified atom stereocenters. The Kier molecular flexibility index (Phi) is 5.44. The van der Waals surface area contributed by atoms with Crippen molar-refractivity contribution in [2.45, 2.75) is 32.7 Å². The Labute approximate surface area is 90.6 Å². The SMILES string of the molecule is C=C/C(=C(\C=C/C)C(C)NC)C(C)(F)F. The van der Waals surface area contributed by atoms with Crippen molar-refractivity contribution >= 4 is 0 Å². The van der Waals surface area contributed by atoms with E-state index in [-0.39, 0.29) is 11.6 Å². The molecule has 0 aliphatic rings. The Morgan fingerprint density at radius 1 is 1.47 bits per heavy atom. The van der Waals surface area contributed by atoms with Crippen molar-refractivity contribution in [2.24, 2.45) is 0 Å². The van der Waals surface area contributed by atoms with Crippen molar-refractivity contribution < 1.29 is 8.78 Å². The van der Waals surface area contributed by atoms with Crippen LogP contribution in [0.4, 0.5) is 8.78 Å². The van der Waals surface area contributed by atoms with E-state index >= 15 is 0 Å². The fourth-order valence-corrected chi connectivity index (χ4v) is 1.35. The fraction of sp³-hybridized carbons (Fsp3) is 0.500. The van der Waals surface area contributed by atoms with Crippen molar-refractivity contribution in [2.75, 3.05) is 7.05 Å². The molecule has 0 aliphatic heterocycles. The van der Waals surface area contributed by atoms with Crippen LogP contribution in [0.5, 0.6) is 0 Å². The number of likely N-dealkylation sites (N-methyl/N-ethyl adjacent to an activating group) is 1. The Morgan fingerprint density at radius 2 is 2.00 bits per heavy atom. The lowest BCUT2D eigenvalue weighted by molar-refractivity contribution is 0.0662. The molecule has 1 nitrogen and oxygen atoms in total. The van der Waals surface area contributed by atoms with E-state index in [4.69, 9.17) is 0 Å². The molecule has 0 spiro atoms. The van der Waals surface area contributed by atoms with Gasteiger partial charge in [-0.1, -0.05) is 24.8 Å². The molecule has 0 amide bonds. The van der Waals surface area contributed by atoms with Crippen LogP contribution in [0, 0.1) is 0 Å². The number of rotatable bonds is 5. The first-order valence-corrected chi connectivity index (χ1v) is 4.93. The van der Waals surface area contributed by atoms with Gasteiger partial charge < -0.3 is 5.32 Å². The summed E-state index contributed by atoms with van der Waals surface area (Å²) in [6, 6.07) is -0.125. The molecular formula is C12H19F2N. The highest BCUT2D eigenvalue weighted by Gasteiger charge is 2.28. The molecule has 0 rings (SSSR count). The van der Waals surface area contributed by atoms with Crippen LogP contribution in [0.1, 0.15) is 20.8 Å². The zero-order chi connectivity index (χ0) is 12.1. The molecule has 0 aromatic carbocycles. The van der Waals surface area contributed by atoms with Gasteiger partial charge in [0.2, 0.25) is 0 Å². The monoisotopic (exact) mass is 215 g/mol. The van der Waals surface area contributed by atoms with Gasteiger partial charge in [-0.05, 0) is 26.5 Å². The largest absolute Gasteiger partial charge is 0.313 e. The molecule has 0 aliphatic carbocycles. The zero-order valence-electron chi connectivity index (χ0n) is 9.77. The van der Waals surface area contributed by atoms with E-state index in [1.54, 1.807) is 26.1 Å². The second-order valence-electron chi connectivity index (χ2n) is 3.47. The van der Waals surface area contributed by atoms with Gasteiger partial charge in [0.25, 0.3) is 5.92 Å². The van der Waals surface area contributed by atoms with Crippen LogP contribution >= 0.6 is 0 Å². The van der Waals surface area contributed by atoms with Gasteiger partial charge in [-0.3, -0.25) is 0 Å². The molecule has 0 aromatic heterocycles. The topological polar surface area (TPSA) is 12.0 Å². The van der Waals surface area contributed by atoms with Crippen LogP contribution in [0.25, 0.3) is 0 Å². The molecule has 3 heteroatoms. The summed E-state index contributed by atoms with van der Waals surface area (Å²) in [6.45, 7) is 7.97. The first-order valence-electron chi connectivity index (χ1n) is 4.93. The smallest absolute Gasteiger partial charge is 0.270 e. The number of nitrogens with one attached hydrogen (secondary N) is 1. The molecule has 0 radical (unpaired) electrons. The van der Waals surface area contributed by atoms with E-state index in [0.717, 1.165) is 6.92 Å². The van der Waals surface area contributed by atoms with Gasteiger partial charge in [-0.15, -0.1) is 0 Å². The maximum absolute atomic E-state index is 13.3. The Morgan fingerprint density at radius 3 is 2.27 bits per heavy atom. The Hall–Kier alpha value is -0.960. The van der Waals surface area contributed by atoms with Crippen molar-refractivity contribution in [3.05, 3.63) is 36.0 Å². The fourth-order valence-electron chi connectivity index (χ4n) is 1.35. The molecule has 0 aromatic rings. The van der Waals surface area contributed by atoms with Gasteiger partial charge in [0.1, 0.15) is 0 Å². The number of alkyl halides is 2. The van der Waals surface area contributed by atoms with E-state index in [9.17, 15) is 8.78 Å². The van der Waals surface area contributed by atoms with Crippen LogP contribution in [0.3, 0.4) is 0 Å². The standard InChI is InChI=1S/C12H19F2N/c1-6-8-10(9(3)15-5)11(7-2)12(4,13)14/h6-9,15H,2H2,1,3-5H3/b8-6-,11-10-. The lowest BCUT2D eigenvalue weighted by atomic mass is 9.97. The summed E-state index contributed by atoms with van der Waals surface area (Å²) in [5.74, 6) is -2.86. The molecule has 0 bridgehead atoms. The third kappa shape index (κ3) is 3.96. The van der Waals surface area contributed by atoms with E-state index in [1.165, 1.54) is 6.08 Å². The third-order valence-corrected chi connectivity index (χ3v) is 2.23. The predicted octanol–water partition coefficient (Wildman–Crippen LogP) is 3.31. The first kappa shape index (κ1) is 14.0. The molecular weight excluding hydrogens is 196 g/mol. The van der Waals surface area contributed by atoms with Crippen molar-refractivity contribution in [1.82, 2.24) is 5.32 Å². The molecule has 1 atom stereocenters. The Balaban J connectivity index is 5.48. The molecule has 86 valence electrons. The number of hydrogen-bond acceptors (Lipinski definition) is 1. The normalized spacial score (nSPS) is 16.4. The van der Waals surface area contributed by atoms with Crippen LogP contribution in [0.2, 0.25) is 0 Å².